The molecular weight excluding hydrogens is 222 g/mol. The van der Waals surface area contributed by atoms with E-state index in [-0.39, 0.29) is 5.56 Å². The van der Waals surface area contributed by atoms with Gasteiger partial charge >= 0.3 is 0 Å². The lowest BCUT2D eigenvalue weighted by Crippen LogP contribution is -2.04. The van der Waals surface area contributed by atoms with Gasteiger partial charge in [0.2, 0.25) is 5.56 Å². The van der Waals surface area contributed by atoms with Crippen LogP contribution < -0.4 is 5.56 Å². The van der Waals surface area contributed by atoms with Crippen LogP contribution in [0.1, 0.15) is 5.56 Å². The highest BCUT2D eigenvalue weighted by atomic mass is 16.1. The molecule has 0 saturated carbocycles. The third-order valence-electron chi connectivity index (χ3n) is 3.08. The second-order valence-corrected chi connectivity index (χ2v) is 4.46. The minimum atomic E-state index is -0.0630. The molecule has 0 atom stereocenters. The number of aromatic nitrogens is 1. The van der Waals surface area contributed by atoms with Crippen LogP contribution in [0.5, 0.6) is 0 Å². The van der Waals surface area contributed by atoms with Gasteiger partial charge in [0.05, 0.1) is 0 Å². The maximum atomic E-state index is 11.7. The Balaban J connectivity index is 2.39. The summed E-state index contributed by atoms with van der Waals surface area (Å²) in [6, 6.07) is 17.8. The van der Waals surface area contributed by atoms with E-state index in [0.29, 0.717) is 0 Å². The first-order valence-corrected chi connectivity index (χ1v) is 5.93. The Morgan fingerprint density at radius 2 is 1.72 bits per heavy atom. The molecule has 2 nitrogen and oxygen atoms in total. The minimum absolute atomic E-state index is 0.0630. The molecule has 0 aliphatic heterocycles. The second kappa shape index (κ2) is 4.15. The minimum Gasteiger partial charge on any atom is -0.322 e. The van der Waals surface area contributed by atoms with Crippen molar-refractivity contribution in [3.63, 3.8) is 0 Å². The monoisotopic (exact) mass is 235 g/mol. The van der Waals surface area contributed by atoms with Crippen molar-refractivity contribution < 1.29 is 0 Å². The quantitative estimate of drug-likeness (QED) is 0.688. The summed E-state index contributed by atoms with van der Waals surface area (Å²) in [6.45, 7) is 2.02. The van der Waals surface area contributed by atoms with E-state index in [2.05, 4.69) is 17.1 Å². The van der Waals surface area contributed by atoms with E-state index < -0.39 is 0 Å². The predicted octanol–water partition coefficient (Wildman–Crippen LogP) is 3.50. The summed E-state index contributed by atoms with van der Waals surface area (Å²) in [4.78, 5) is 14.6. The fourth-order valence-corrected chi connectivity index (χ4v) is 2.23. The number of benzene rings is 2. The first kappa shape index (κ1) is 10.8. The lowest BCUT2D eigenvalue weighted by atomic mass is 10.0. The summed E-state index contributed by atoms with van der Waals surface area (Å²) in [5.74, 6) is 0. The number of pyridine rings is 1. The average Bonchev–Trinajstić information content (AvgIpc) is 2.38. The molecular formula is C16H13NO. The molecule has 0 amide bonds. The molecule has 0 spiro atoms. The third kappa shape index (κ3) is 1.82. The number of rotatable bonds is 1. The molecule has 1 heterocycles. The van der Waals surface area contributed by atoms with Gasteiger partial charge in [0, 0.05) is 17.0 Å². The SMILES string of the molecule is Cc1ccc2c(-c3ccccc3)cc(=O)[nH]c2c1. The molecule has 0 radical (unpaired) electrons. The van der Waals surface area contributed by atoms with Crippen molar-refractivity contribution in [3.8, 4) is 11.1 Å². The van der Waals surface area contributed by atoms with Crippen LogP contribution in [0.25, 0.3) is 22.0 Å². The highest BCUT2D eigenvalue weighted by molar-refractivity contribution is 5.94. The first-order valence-electron chi connectivity index (χ1n) is 5.93. The summed E-state index contributed by atoms with van der Waals surface area (Å²) < 4.78 is 0. The van der Waals surface area contributed by atoms with Crippen LogP contribution >= 0.6 is 0 Å². The molecule has 3 aromatic rings. The fourth-order valence-electron chi connectivity index (χ4n) is 2.23. The van der Waals surface area contributed by atoms with Crippen LogP contribution in [0.2, 0.25) is 0 Å². The second-order valence-electron chi connectivity index (χ2n) is 4.46. The smallest absolute Gasteiger partial charge is 0.249 e. The van der Waals surface area contributed by atoms with Crippen LogP contribution in [0.4, 0.5) is 0 Å². The summed E-state index contributed by atoms with van der Waals surface area (Å²) in [6.07, 6.45) is 0. The van der Waals surface area contributed by atoms with Crippen molar-refractivity contribution >= 4 is 10.9 Å². The van der Waals surface area contributed by atoms with E-state index in [9.17, 15) is 4.79 Å². The molecule has 0 unspecified atom stereocenters. The van der Waals surface area contributed by atoms with Crippen molar-refractivity contribution in [2.75, 3.05) is 0 Å². The topological polar surface area (TPSA) is 32.9 Å². The Bertz CT molecular complexity index is 757. The molecule has 0 aliphatic carbocycles. The van der Waals surface area contributed by atoms with Crippen molar-refractivity contribution in [3.05, 3.63) is 70.5 Å². The highest BCUT2D eigenvalue weighted by Crippen LogP contribution is 2.26. The average molecular weight is 235 g/mol. The van der Waals surface area contributed by atoms with Gasteiger partial charge in [-0.25, -0.2) is 0 Å². The van der Waals surface area contributed by atoms with Gasteiger partial charge in [-0.05, 0) is 29.7 Å². The van der Waals surface area contributed by atoms with Gasteiger partial charge < -0.3 is 4.98 Å². The highest BCUT2D eigenvalue weighted by Gasteiger charge is 2.05. The summed E-state index contributed by atoms with van der Waals surface area (Å²) in [5, 5.41) is 1.08. The maximum Gasteiger partial charge on any atom is 0.249 e. The molecule has 18 heavy (non-hydrogen) atoms. The number of hydrogen-bond donors (Lipinski definition) is 1. The molecule has 0 saturated heterocycles. The Morgan fingerprint density at radius 1 is 0.944 bits per heavy atom. The Morgan fingerprint density at radius 3 is 2.50 bits per heavy atom. The number of hydrogen-bond acceptors (Lipinski definition) is 1. The zero-order valence-electron chi connectivity index (χ0n) is 10.1. The van der Waals surface area contributed by atoms with Gasteiger partial charge in [-0.1, -0.05) is 42.5 Å². The summed E-state index contributed by atoms with van der Waals surface area (Å²) in [5.41, 5.74) is 4.02. The summed E-state index contributed by atoms with van der Waals surface area (Å²) >= 11 is 0. The molecule has 0 fully saturated rings. The first-order chi connectivity index (χ1) is 8.74. The van der Waals surface area contributed by atoms with Crippen LogP contribution in [-0.4, -0.2) is 4.98 Å². The van der Waals surface area contributed by atoms with Gasteiger partial charge in [0.1, 0.15) is 0 Å². The molecule has 88 valence electrons. The molecule has 1 aromatic heterocycles. The lowest BCUT2D eigenvalue weighted by molar-refractivity contribution is 1.30. The van der Waals surface area contributed by atoms with Crippen LogP contribution in [-0.2, 0) is 0 Å². The number of fused-ring (bicyclic) bond motifs is 1. The predicted molar refractivity (Wildman–Crippen MR) is 74.7 cm³/mol. The van der Waals surface area contributed by atoms with Crippen LogP contribution in [0.15, 0.2) is 59.4 Å². The number of H-pyrrole nitrogens is 1. The van der Waals surface area contributed by atoms with Gasteiger partial charge in [-0.3, -0.25) is 4.79 Å². The van der Waals surface area contributed by atoms with Crippen molar-refractivity contribution in [2.24, 2.45) is 0 Å². The van der Waals surface area contributed by atoms with E-state index >= 15 is 0 Å². The third-order valence-corrected chi connectivity index (χ3v) is 3.08. The van der Waals surface area contributed by atoms with Crippen LogP contribution in [0, 0.1) is 6.92 Å². The molecule has 0 aliphatic rings. The van der Waals surface area contributed by atoms with Crippen molar-refractivity contribution in [1.29, 1.82) is 0 Å². The normalized spacial score (nSPS) is 10.7. The molecule has 1 N–H and O–H groups in total. The fraction of sp³-hybridized carbons (Fsp3) is 0.0625. The van der Waals surface area contributed by atoms with Crippen LogP contribution in [0.3, 0.4) is 0 Å². The standard InChI is InChI=1S/C16H13NO/c1-11-7-8-13-14(12-5-3-2-4-6-12)10-16(18)17-15(13)9-11/h2-10H,1H3,(H,17,18). The largest absolute Gasteiger partial charge is 0.322 e. The van der Waals surface area contributed by atoms with Gasteiger partial charge in [-0.2, -0.15) is 0 Å². The molecule has 3 rings (SSSR count). The zero-order valence-corrected chi connectivity index (χ0v) is 10.1. The van der Waals surface area contributed by atoms with E-state index in [4.69, 9.17) is 0 Å². The Labute approximate surface area is 105 Å². The number of nitrogens with one attached hydrogen (secondary N) is 1. The maximum absolute atomic E-state index is 11.7. The number of aryl methyl sites for hydroxylation is 1. The number of aromatic amines is 1. The van der Waals surface area contributed by atoms with Gasteiger partial charge in [0.25, 0.3) is 0 Å². The Kier molecular flexibility index (Phi) is 2.49. The lowest BCUT2D eigenvalue weighted by Gasteiger charge is -2.07. The zero-order chi connectivity index (χ0) is 12.5. The van der Waals surface area contributed by atoms with E-state index in [1.54, 1.807) is 6.07 Å². The Hall–Kier alpha value is -2.35. The van der Waals surface area contributed by atoms with Crippen molar-refractivity contribution in [2.45, 2.75) is 6.92 Å². The van der Waals surface area contributed by atoms with E-state index in [0.717, 1.165) is 27.6 Å². The summed E-state index contributed by atoms with van der Waals surface area (Å²) in [7, 11) is 0. The molecule has 2 heteroatoms. The molecule has 0 bridgehead atoms. The van der Waals surface area contributed by atoms with Gasteiger partial charge in [0.15, 0.2) is 0 Å². The van der Waals surface area contributed by atoms with E-state index in [1.165, 1.54) is 0 Å². The molecule has 2 aromatic carbocycles. The van der Waals surface area contributed by atoms with Gasteiger partial charge in [-0.15, -0.1) is 0 Å². The van der Waals surface area contributed by atoms with E-state index in [1.807, 2.05) is 43.3 Å². The van der Waals surface area contributed by atoms with Crippen molar-refractivity contribution in [1.82, 2.24) is 4.98 Å².